The van der Waals surface area contributed by atoms with Crippen LogP contribution in [0.3, 0.4) is 0 Å². The fourth-order valence-corrected chi connectivity index (χ4v) is 5.41. The Labute approximate surface area is 190 Å². The number of hydrogen-bond donors (Lipinski definition) is 1. The van der Waals surface area contributed by atoms with Crippen LogP contribution in [0.4, 0.5) is 0 Å². The molecule has 31 heavy (non-hydrogen) atoms. The van der Waals surface area contributed by atoms with E-state index in [1.807, 2.05) is 36.4 Å². The monoisotopic (exact) mass is 448 g/mol. The van der Waals surface area contributed by atoms with Crippen molar-refractivity contribution in [1.29, 1.82) is 0 Å². The van der Waals surface area contributed by atoms with E-state index in [4.69, 9.17) is 12.2 Å². The Hall–Kier alpha value is -2.71. The molecule has 4 aromatic rings. The van der Waals surface area contributed by atoms with E-state index in [1.165, 1.54) is 32.1 Å². The van der Waals surface area contributed by atoms with Crippen LogP contribution >= 0.6 is 24.0 Å². The van der Waals surface area contributed by atoms with Crippen LogP contribution in [0.5, 0.6) is 0 Å². The molecule has 2 aromatic heterocycles. The quantitative estimate of drug-likeness (QED) is 0.290. The van der Waals surface area contributed by atoms with Crippen LogP contribution in [-0.4, -0.2) is 29.5 Å². The Morgan fingerprint density at radius 1 is 0.935 bits per heavy atom. The van der Waals surface area contributed by atoms with Crippen molar-refractivity contribution in [2.45, 2.75) is 49.1 Å². The van der Waals surface area contributed by atoms with E-state index in [-0.39, 0.29) is 0 Å². The van der Waals surface area contributed by atoms with Crippen LogP contribution in [0.25, 0.3) is 17.1 Å². The third kappa shape index (κ3) is 4.22. The lowest BCUT2D eigenvalue weighted by molar-refractivity contribution is 0.345. The van der Waals surface area contributed by atoms with Crippen LogP contribution < -0.4 is 0 Å². The third-order valence-electron chi connectivity index (χ3n) is 5.73. The summed E-state index contributed by atoms with van der Waals surface area (Å²) in [5.41, 5.74) is 2.08. The molecule has 1 saturated carbocycles. The van der Waals surface area contributed by atoms with Crippen LogP contribution in [0, 0.1) is 4.77 Å². The number of hydrogen-bond acceptors (Lipinski definition) is 5. The third-order valence-corrected chi connectivity index (χ3v) is 6.94. The molecule has 1 aliphatic rings. The topological polar surface area (TPSA) is 64.3 Å². The van der Waals surface area contributed by atoms with Gasteiger partial charge in [0.2, 0.25) is 0 Å². The molecule has 0 bridgehead atoms. The number of para-hydroxylation sites is 1. The number of aromatic amines is 1. The van der Waals surface area contributed by atoms with E-state index in [9.17, 15) is 0 Å². The van der Waals surface area contributed by atoms with Gasteiger partial charge in [-0.2, -0.15) is 5.10 Å². The van der Waals surface area contributed by atoms with E-state index >= 15 is 0 Å². The minimum atomic E-state index is 0.447. The first-order chi connectivity index (χ1) is 15.3. The maximum absolute atomic E-state index is 5.56. The second-order valence-electron chi connectivity index (χ2n) is 7.74. The van der Waals surface area contributed by atoms with Crippen LogP contribution in [0.1, 0.15) is 44.0 Å². The van der Waals surface area contributed by atoms with Gasteiger partial charge in [-0.15, -0.1) is 10.2 Å². The van der Waals surface area contributed by atoms with E-state index < -0.39 is 0 Å². The average Bonchev–Trinajstić information content (AvgIpc) is 3.42. The number of nitrogens with one attached hydrogen (secondary N) is 1. The number of aromatic nitrogens is 6. The molecule has 1 fully saturated rings. The first-order valence-electron chi connectivity index (χ1n) is 10.7. The molecule has 158 valence electrons. The lowest BCUT2D eigenvalue weighted by atomic mass is 9.95. The Balaban J connectivity index is 1.47. The summed E-state index contributed by atoms with van der Waals surface area (Å²) in [4.78, 5) is 0. The first kappa shape index (κ1) is 20.2. The van der Waals surface area contributed by atoms with Crippen molar-refractivity contribution < 1.29 is 0 Å². The first-order valence-corrected chi connectivity index (χ1v) is 12.1. The Kier molecular flexibility index (Phi) is 5.99. The van der Waals surface area contributed by atoms with E-state index in [2.05, 4.69) is 53.8 Å². The smallest absolute Gasteiger partial charge is 0.196 e. The van der Waals surface area contributed by atoms with Crippen LogP contribution in [-0.2, 0) is 5.75 Å². The zero-order chi connectivity index (χ0) is 21.0. The largest absolute Gasteiger partial charge is 0.300 e. The van der Waals surface area contributed by atoms with Gasteiger partial charge in [0.05, 0.1) is 5.75 Å². The number of nitrogens with zero attached hydrogens (tertiary/aromatic N) is 5. The summed E-state index contributed by atoms with van der Waals surface area (Å²) in [6, 6.07) is 20.9. The van der Waals surface area contributed by atoms with Crippen molar-refractivity contribution in [2.75, 3.05) is 0 Å². The van der Waals surface area contributed by atoms with Crippen molar-refractivity contribution in [3.8, 4) is 17.1 Å². The van der Waals surface area contributed by atoms with Gasteiger partial charge in [-0.05, 0) is 37.2 Å². The summed E-state index contributed by atoms with van der Waals surface area (Å²) in [5, 5.41) is 17.5. The normalized spacial score (nSPS) is 14.7. The van der Waals surface area contributed by atoms with Crippen molar-refractivity contribution in [3.63, 3.8) is 0 Å². The maximum atomic E-state index is 5.56. The molecule has 2 heterocycles. The summed E-state index contributed by atoms with van der Waals surface area (Å²) in [5.74, 6) is 2.50. The Morgan fingerprint density at radius 2 is 1.65 bits per heavy atom. The standard InChI is InChI=1S/C23H24N6S2/c30-22-26-24-20(28(22)18-12-6-2-7-13-18)16-31-23-27-25-21(17-10-4-1-5-11-17)29(23)19-14-8-3-9-15-19/h1,3-5,8-11,14-15,18H,2,6-7,12-13,16H2,(H,26,30). The molecule has 6 nitrogen and oxygen atoms in total. The van der Waals surface area contributed by atoms with Crippen LogP contribution in [0.2, 0.25) is 0 Å². The summed E-state index contributed by atoms with van der Waals surface area (Å²) >= 11 is 7.20. The van der Waals surface area contributed by atoms with Gasteiger partial charge >= 0.3 is 0 Å². The van der Waals surface area contributed by atoms with Crippen molar-refractivity contribution >= 4 is 24.0 Å². The molecule has 5 rings (SSSR count). The Morgan fingerprint density at radius 3 is 2.39 bits per heavy atom. The predicted octanol–water partition coefficient (Wildman–Crippen LogP) is 5.99. The molecular formula is C23H24N6S2. The van der Waals surface area contributed by atoms with Gasteiger partial charge < -0.3 is 4.57 Å². The molecule has 0 spiro atoms. The molecule has 0 unspecified atom stereocenters. The van der Waals surface area contributed by atoms with Gasteiger partial charge in [0.25, 0.3) is 0 Å². The zero-order valence-electron chi connectivity index (χ0n) is 17.1. The predicted molar refractivity (Wildman–Crippen MR) is 126 cm³/mol. The van der Waals surface area contributed by atoms with Gasteiger partial charge in [0, 0.05) is 17.3 Å². The van der Waals surface area contributed by atoms with E-state index in [0.29, 0.717) is 11.8 Å². The van der Waals surface area contributed by atoms with E-state index in [1.54, 1.807) is 11.8 Å². The molecule has 0 radical (unpaired) electrons. The number of thioether (sulfide) groups is 1. The number of rotatable bonds is 6. The summed E-state index contributed by atoms with van der Waals surface area (Å²) < 4.78 is 5.06. The van der Waals surface area contributed by atoms with Crippen LogP contribution in [0.15, 0.2) is 65.8 Å². The summed E-state index contributed by atoms with van der Waals surface area (Å²) in [6.45, 7) is 0. The highest BCUT2D eigenvalue weighted by molar-refractivity contribution is 7.98. The summed E-state index contributed by atoms with van der Waals surface area (Å²) in [6.07, 6.45) is 6.17. The SMILES string of the molecule is S=c1[nH]nc(CSc2nnc(-c3ccccc3)n2-c2ccccc2)n1C1CCCCC1. The lowest BCUT2D eigenvalue weighted by Crippen LogP contribution is -2.15. The van der Waals surface area contributed by atoms with Gasteiger partial charge in [0.15, 0.2) is 15.8 Å². The molecule has 1 N–H and O–H groups in total. The van der Waals surface area contributed by atoms with Crippen molar-refractivity contribution in [1.82, 2.24) is 29.5 Å². The molecule has 8 heteroatoms. The minimum Gasteiger partial charge on any atom is -0.300 e. The number of benzene rings is 2. The van der Waals surface area contributed by atoms with Crippen molar-refractivity contribution in [3.05, 3.63) is 71.3 Å². The van der Waals surface area contributed by atoms with E-state index in [0.717, 1.165) is 32.8 Å². The lowest BCUT2D eigenvalue weighted by Gasteiger charge is -2.24. The number of H-pyrrole nitrogens is 1. The van der Waals surface area contributed by atoms with Gasteiger partial charge in [0.1, 0.15) is 5.82 Å². The highest BCUT2D eigenvalue weighted by Gasteiger charge is 2.21. The highest BCUT2D eigenvalue weighted by atomic mass is 32.2. The molecule has 0 aliphatic heterocycles. The second kappa shape index (κ2) is 9.20. The van der Waals surface area contributed by atoms with Gasteiger partial charge in [-0.25, -0.2) is 0 Å². The summed E-state index contributed by atoms with van der Waals surface area (Å²) in [7, 11) is 0. The Bertz CT molecular complexity index is 1190. The molecule has 1 aliphatic carbocycles. The van der Waals surface area contributed by atoms with Crippen molar-refractivity contribution in [2.24, 2.45) is 0 Å². The highest BCUT2D eigenvalue weighted by Crippen LogP contribution is 2.32. The molecule has 2 aromatic carbocycles. The van der Waals surface area contributed by atoms with Gasteiger partial charge in [-0.3, -0.25) is 9.67 Å². The van der Waals surface area contributed by atoms with Gasteiger partial charge in [-0.1, -0.05) is 79.6 Å². The molecule has 0 saturated heterocycles. The maximum Gasteiger partial charge on any atom is 0.196 e. The molecule has 0 amide bonds. The average molecular weight is 449 g/mol. The fraction of sp³-hybridized carbons (Fsp3) is 0.304. The minimum absolute atomic E-state index is 0.447. The fourth-order valence-electron chi connectivity index (χ4n) is 4.23. The molecular weight excluding hydrogens is 424 g/mol. The molecule has 0 atom stereocenters. The second-order valence-corrected chi connectivity index (χ2v) is 9.07. The zero-order valence-corrected chi connectivity index (χ0v) is 18.8.